The minimum atomic E-state index is -5.09. The maximum atomic E-state index is 12.7. The Morgan fingerprint density at radius 2 is 1.50 bits per heavy atom. The Kier molecular flexibility index (Phi) is 5.48. The number of alkyl halides is 3. The van der Waals surface area contributed by atoms with Crippen LogP contribution >= 0.6 is 0 Å². The first kappa shape index (κ1) is 18.7. The molecule has 0 N–H and O–H groups in total. The lowest BCUT2D eigenvalue weighted by Gasteiger charge is -2.10. The predicted molar refractivity (Wildman–Crippen MR) is 64.7 cm³/mol. The van der Waals surface area contributed by atoms with Crippen LogP contribution in [0.5, 0.6) is 0 Å². The Morgan fingerprint density at radius 1 is 1.00 bits per heavy atom. The lowest BCUT2D eigenvalue weighted by Crippen LogP contribution is -2.19. The number of halogens is 3. The molecule has 0 saturated heterocycles. The average Bonchev–Trinajstić information content (AvgIpc) is 2.37. The topological polar surface area (TPSA) is 113 Å². The zero-order chi connectivity index (χ0) is 17.2. The van der Waals surface area contributed by atoms with Crippen LogP contribution in [0.4, 0.5) is 13.2 Å². The van der Waals surface area contributed by atoms with Gasteiger partial charge in [-0.2, -0.15) is 30.0 Å². The number of aromatic nitrogens is 2. The Bertz CT molecular complexity index is 691. The van der Waals surface area contributed by atoms with E-state index in [-0.39, 0.29) is 12.7 Å². The van der Waals surface area contributed by atoms with E-state index in [0.29, 0.717) is 0 Å². The molecule has 0 atom stereocenters. The predicted octanol–water partition coefficient (Wildman–Crippen LogP) is 0.946. The molecule has 22 heavy (non-hydrogen) atoms. The normalized spacial score (nSPS) is 13.3. The van der Waals surface area contributed by atoms with Crippen molar-refractivity contribution >= 4 is 20.2 Å². The van der Waals surface area contributed by atoms with E-state index in [2.05, 4.69) is 18.3 Å². The third kappa shape index (κ3) is 4.34. The summed E-state index contributed by atoms with van der Waals surface area (Å²) in [5.74, 6) is 0. The molecular weight excluding hydrogens is 353 g/mol. The highest BCUT2D eigenvalue weighted by Gasteiger charge is 2.37. The lowest BCUT2D eigenvalue weighted by molar-refractivity contribution is -0.141. The number of hydrogen-bond acceptors (Lipinski definition) is 8. The van der Waals surface area contributed by atoms with Crippen LogP contribution in [0.2, 0.25) is 0 Å². The maximum Gasteiger partial charge on any atom is 0.433 e. The maximum absolute atomic E-state index is 12.7. The monoisotopic (exact) mass is 364 g/mol. The summed E-state index contributed by atoms with van der Waals surface area (Å²) in [6.07, 6.45) is -5.09. The first-order chi connectivity index (χ1) is 9.94. The van der Waals surface area contributed by atoms with E-state index in [1.807, 2.05) is 0 Å². The van der Waals surface area contributed by atoms with Gasteiger partial charge < -0.3 is 0 Å². The van der Waals surface area contributed by atoms with Gasteiger partial charge in [0.1, 0.15) is 0 Å². The van der Waals surface area contributed by atoms with Crippen LogP contribution < -0.4 is 0 Å². The molecule has 0 bridgehead atoms. The first-order valence-electron chi connectivity index (χ1n) is 5.69. The molecule has 8 nitrogen and oxygen atoms in total. The molecule has 0 fully saturated rings. The summed E-state index contributed by atoms with van der Waals surface area (Å²) in [5, 5.41) is -2.64. The number of nitrogens with zero attached hydrogens (tertiary/aromatic N) is 2. The summed E-state index contributed by atoms with van der Waals surface area (Å²) in [6.45, 7) is 1.78. The van der Waals surface area contributed by atoms with E-state index < -0.39 is 48.9 Å². The van der Waals surface area contributed by atoms with Gasteiger partial charge in [-0.3, -0.25) is 8.37 Å². The van der Waals surface area contributed by atoms with Gasteiger partial charge in [0, 0.05) is 6.07 Å². The molecule has 1 aromatic heterocycles. The van der Waals surface area contributed by atoms with Crippen LogP contribution in [0.1, 0.15) is 19.5 Å². The van der Waals surface area contributed by atoms with Gasteiger partial charge in [-0.15, -0.1) is 0 Å². The third-order valence-corrected chi connectivity index (χ3v) is 4.44. The molecule has 0 aromatic carbocycles. The zero-order valence-corrected chi connectivity index (χ0v) is 12.9. The molecule has 0 aliphatic rings. The highest BCUT2D eigenvalue weighted by Crippen LogP contribution is 2.30. The van der Waals surface area contributed by atoms with E-state index in [4.69, 9.17) is 0 Å². The fourth-order valence-electron chi connectivity index (χ4n) is 1.21. The molecule has 126 valence electrons. The van der Waals surface area contributed by atoms with Gasteiger partial charge in [-0.1, -0.05) is 0 Å². The van der Waals surface area contributed by atoms with Crippen molar-refractivity contribution < 1.29 is 38.4 Å². The van der Waals surface area contributed by atoms with Crippen LogP contribution in [-0.4, -0.2) is 40.0 Å². The van der Waals surface area contributed by atoms with Crippen LogP contribution in [0.25, 0.3) is 0 Å². The summed E-state index contributed by atoms with van der Waals surface area (Å²) >= 11 is 0. The van der Waals surface area contributed by atoms with Crippen LogP contribution in [0, 0.1) is 0 Å². The molecule has 0 spiro atoms. The summed E-state index contributed by atoms with van der Waals surface area (Å²) in [7, 11) is -9.40. The molecule has 0 aliphatic heterocycles. The minimum absolute atomic E-state index is 0.0793. The van der Waals surface area contributed by atoms with Gasteiger partial charge in [0.15, 0.2) is 10.7 Å². The lowest BCUT2D eigenvalue weighted by atomic mass is 10.4. The number of rotatable bonds is 6. The van der Waals surface area contributed by atoms with Crippen molar-refractivity contribution in [2.24, 2.45) is 0 Å². The van der Waals surface area contributed by atoms with E-state index >= 15 is 0 Å². The van der Waals surface area contributed by atoms with Crippen molar-refractivity contribution in [3.05, 3.63) is 11.8 Å². The van der Waals surface area contributed by atoms with Gasteiger partial charge in [-0.25, -0.2) is 9.97 Å². The Morgan fingerprint density at radius 3 is 1.95 bits per heavy atom. The molecule has 1 rings (SSSR count). The van der Waals surface area contributed by atoms with Crippen molar-refractivity contribution in [3.63, 3.8) is 0 Å². The van der Waals surface area contributed by atoms with Crippen molar-refractivity contribution in [2.75, 3.05) is 13.2 Å². The molecule has 0 amide bonds. The SMILES string of the molecule is CCOS(=O)(=O)c1cc(C(F)(F)F)nc(S(=O)(=O)OCC)n1. The van der Waals surface area contributed by atoms with Crippen LogP contribution in [-0.2, 0) is 34.8 Å². The fourth-order valence-corrected chi connectivity index (χ4v) is 2.99. The second-order valence-corrected chi connectivity index (χ2v) is 6.66. The van der Waals surface area contributed by atoms with Crippen molar-refractivity contribution in [1.82, 2.24) is 9.97 Å². The van der Waals surface area contributed by atoms with Gasteiger partial charge in [0.2, 0.25) is 0 Å². The smallest absolute Gasteiger partial charge is 0.265 e. The van der Waals surface area contributed by atoms with Gasteiger partial charge in [0.25, 0.3) is 5.16 Å². The second kappa shape index (κ2) is 6.44. The summed E-state index contributed by atoms with van der Waals surface area (Å²) in [5.41, 5.74) is -1.75. The largest absolute Gasteiger partial charge is 0.433 e. The first-order valence-corrected chi connectivity index (χ1v) is 8.51. The summed E-state index contributed by atoms with van der Waals surface area (Å²) in [4.78, 5) is 5.89. The zero-order valence-electron chi connectivity index (χ0n) is 11.3. The molecule has 0 radical (unpaired) electrons. The summed E-state index contributed by atoms with van der Waals surface area (Å²) < 4.78 is 93.2. The van der Waals surface area contributed by atoms with Crippen LogP contribution in [0.15, 0.2) is 16.2 Å². The van der Waals surface area contributed by atoms with Crippen molar-refractivity contribution in [1.29, 1.82) is 0 Å². The fraction of sp³-hybridized carbons (Fsp3) is 0.556. The molecule has 0 aliphatic carbocycles. The standard InChI is InChI=1S/C9H11F3N2O6S2/c1-3-19-21(15,16)7-5-6(9(10,11)12)13-8(14-7)22(17,18)20-4-2/h5H,3-4H2,1-2H3. The van der Waals surface area contributed by atoms with E-state index in [1.165, 1.54) is 13.8 Å². The third-order valence-electron chi connectivity index (χ3n) is 2.00. The molecule has 0 saturated carbocycles. The minimum Gasteiger partial charge on any atom is -0.265 e. The van der Waals surface area contributed by atoms with Crippen molar-refractivity contribution in [3.8, 4) is 0 Å². The quantitative estimate of drug-likeness (QED) is 0.416. The summed E-state index contributed by atoms with van der Waals surface area (Å²) in [6, 6.07) is 0.0793. The molecule has 1 heterocycles. The highest BCUT2D eigenvalue weighted by molar-refractivity contribution is 7.87. The Balaban J connectivity index is 3.62. The Hall–Kier alpha value is -1.31. The van der Waals surface area contributed by atoms with Crippen LogP contribution in [0.3, 0.4) is 0 Å². The number of hydrogen-bond donors (Lipinski definition) is 0. The molecule has 1 aromatic rings. The van der Waals surface area contributed by atoms with Crippen molar-refractivity contribution in [2.45, 2.75) is 30.2 Å². The molecular formula is C9H11F3N2O6S2. The molecule has 13 heteroatoms. The second-order valence-electron chi connectivity index (χ2n) is 3.59. The van der Waals surface area contributed by atoms with Gasteiger partial charge in [0.05, 0.1) is 13.2 Å². The van der Waals surface area contributed by atoms with E-state index in [1.54, 1.807) is 0 Å². The average molecular weight is 364 g/mol. The Labute approximate surface area is 124 Å². The van der Waals surface area contributed by atoms with E-state index in [9.17, 15) is 30.0 Å². The van der Waals surface area contributed by atoms with Gasteiger partial charge in [-0.05, 0) is 13.8 Å². The van der Waals surface area contributed by atoms with Gasteiger partial charge >= 0.3 is 26.4 Å². The van der Waals surface area contributed by atoms with E-state index in [0.717, 1.165) is 0 Å². The highest BCUT2D eigenvalue weighted by atomic mass is 32.2. The molecule has 0 unspecified atom stereocenters.